The molecule has 1 amide bonds. The van der Waals surface area contributed by atoms with E-state index >= 15 is 0 Å². The summed E-state index contributed by atoms with van der Waals surface area (Å²) >= 11 is 1.35. The molecule has 0 aliphatic carbocycles. The minimum Gasteiger partial charge on any atom is -0.461 e. The molecule has 1 atom stereocenters. The van der Waals surface area contributed by atoms with Crippen LogP contribution in [0.4, 0.5) is 0 Å². The third kappa shape index (κ3) is 4.39. The molecule has 0 aliphatic heterocycles. The molecule has 1 heterocycles. The highest BCUT2D eigenvalue weighted by atomic mass is 32.1. The van der Waals surface area contributed by atoms with Crippen molar-refractivity contribution >= 4 is 23.2 Å². The Morgan fingerprint density at radius 1 is 1.26 bits per heavy atom. The monoisotopic (exact) mass is 332 g/mol. The maximum absolute atomic E-state index is 12.4. The van der Waals surface area contributed by atoms with E-state index in [0.717, 1.165) is 0 Å². The van der Waals surface area contributed by atoms with Gasteiger partial charge in [-0.1, -0.05) is 32.0 Å². The van der Waals surface area contributed by atoms with Gasteiger partial charge in [0.25, 0.3) is 5.91 Å². The highest BCUT2D eigenvalue weighted by Gasteiger charge is 2.23. The van der Waals surface area contributed by atoms with E-state index in [1.807, 2.05) is 32.0 Å². The van der Waals surface area contributed by atoms with Crippen LogP contribution in [0.1, 0.15) is 52.7 Å². The van der Waals surface area contributed by atoms with Gasteiger partial charge in [0.15, 0.2) is 5.69 Å². The Labute approximate surface area is 139 Å². The first-order valence-corrected chi connectivity index (χ1v) is 8.39. The summed E-state index contributed by atoms with van der Waals surface area (Å²) in [6, 6.07) is 8.78. The second-order valence-corrected chi connectivity index (χ2v) is 6.24. The number of hydrogen-bond donors (Lipinski definition) is 1. The third-order valence-electron chi connectivity index (χ3n) is 3.26. The lowest BCUT2D eigenvalue weighted by molar-refractivity contribution is 0.0520. The van der Waals surface area contributed by atoms with E-state index < -0.39 is 5.97 Å². The molecule has 0 radical (unpaired) electrons. The highest BCUT2D eigenvalue weighted by Crippen LogP contribution is 2.25. The van der Waals surface area contributed by atoms with Gasteiger partial charge in [-0.15, -0.1) is 11.3 Å². The zero-order valence-electron chi connectivity index (χ0n) is 13.4. The summed E-state index contributed by atoms with van der Waals surface area (Å²) in [6.45, 7) is 6.06. The maximum Gasteiger partial charge on any atom is 0.357 e. The number of benzene rings is 1. The first kappa shape index (κ1) is 17.1. The summed E-state index contributed by atoms with van der Waals surface area (Å²) in [4.78, 5) is 28.4. The standard InChI is InChI=1S/C17H20N2O3S/c1-4-22-17(21)13-10-23-16(18-13)14(11(2)3)19-15(20)12-8-6-5-7-9-12/h5-11,14H,4H2,1-3H3,(H,19,20)/t14-/m1/s1. The Morgan fingerprint density at radius 3 is 2.57 bits per heavy atom. The molecule has 6 heteroatoms. The lowest BCUT2D eigenvalue weighted by Gasteiger charge is -2.20. The van der Waals surface area contributed by atoms with Crippen molar-refractivity contribution in [3.05, 3.63) is 52.0 Å². The van der Waals surface area contributed by atoms with E-state index in [9.17, 15) is 9.59 Å². The zero-order valence-corrected chi connectivity index (χ0v) is 14.2. The van der Waals surface area contributed by atoms with E-state index in [2.05, 4.69) is 10.3 Å². The second kappa shape index (κ2) is 7.87. The molecule has 0 aliphatic rings. The Morgan fingerprint density at radius 2 is 1.96 bits per heavy atom. The quantitative estimate of drug-likeness (QED) is 0.823. The number of rotatable bonds is 6. The fourth-order valence-corrected chi connectivity index (χ4v) is 3.07. The lowest BCUT2D eigenvalue weighted by Crippen LogP contribution is -2.31. The van der Waals surface area contributed by atoms with Crippen molar-refractivity contribution in [1.29, 1.82) is 0 Å². The van der Waals surface area contributed by atoms with Crippen LogP contribution in [-0.4, -0.2) is 23.5 Å². The van der Waals surface area contributed by atoms with Crippen molar-refractivity contribution in [2.75, 3.05) is 6.61 Å². The normalized spacial score (nSPS) is 12.0. The average Bonchev–Trinajstić information content (AvgIpc) is 3.03. The molecule has 0 bridgehead atoms. The minimum absolute atomic E-state index is 0.142. The van der Waals surface area contributed by atoms with E-state index in [4.69, 9.17) is 4.74 Å². The summed E-state index contributed by atoms with van der Waals surface area (Å²) in [5.41, 5.74) is 0.881. The summed E-state index contributed by atoms with van der Waals surface area (Å²) in [6.07, 6.45) is 0. The van der Waals surface area contributed by atoms with Crippen LogP contribution in [-0.2, 0) is 4.74 Å². The van der Waals surface area contributed by atoms with Crippen LogP contribution in [0.5, 0.6) is 0 Å². The van der Waals surface area contributed by atoms with E-state index in [1.165, 1.54) is 11.3 Å². The number of amides is 1. The number of carbonyl (C=O) groups excluding carboxylic acids is 2. The van der Waals surface area contributed by atoms with Crippen molar-refractivity contribution in [3.63, 3.8) is 0 Å². The number of ether oxygens (including phenoxy) is 1. The first-order valence-electron chi connectivity index (χ1n) is 7.51. The molecule has 0 saturated heterocycles. The van der Waals surface area contributed by atoms with Gasteiger partial charge in [-0.25, -0.2) is 9.78 Å². The van der Waals surface area contributed by atoms with Gasteiger partial charge in [0, 0.05) is 10.9 Å². The van der Waals surface area contributed by atoms with Gasteiger partial charge in [0.05, 0.1) is 12.6 Å². The molecular weight excluding hydrogens is 312 g/mol. The van der Waals surface area contributed by atoms with Gasteiger partial charge in [-0.3, -0.25) is 4.79 Å². The predicted octanol–water partition coefficient (Wildman–Crippen LogP) is 3.45. The summed E-state index contributed by atoms with van der Waals surface area (Å²) in [5, 5.41) is 5.36. The van der Waals surface area contributed by atoms with Gasteiger partial charge in [0.1, 0.15) is 5.01 Å². The fourth-order valence-electron chi connectivity index (χ4n) is 2.06. The minimum atomic E-state index is -0.438. The van der Waals surface area contributed by atoms with Crippen LogP contribution < -0.4 is 5.32 Å². The molecule has 5 nitrogen and oxygen atoms in total. The number of nitrogens with one attached hydrogen (secondary N) is 1. The van der Waals surface area contributed by atoms with Gasteiger partial charge in [-0.2, -0.15) is 0 Å². The molecule has 2 rings (SSSR count). The molecular formula is C17H20N2O3S. The van der Waals surface area contributed by atoms with Gasteiger partial charge >= 0.3 is 5.97 Å². The fraction of sp³-hybridized carbons (Fsp3) is 0.353. The molecule has 0 fully saturated rings. The lowest BCUT2D eigenvalue weighted by atomic mass is 10.0. The van der Waals surface area contributed by atoms with Crippen LogP contribution >= 0.6 is 11.3 Å². The maximum atomic E-state index is 12.4. The Bertz CT molecular complexity index is 667. The molecule has 23 heavy (non-hydrogen) atoms. The van der Waals surface area contributed by atoms with Crippen molar-refractivity contribution in [2.45, 2.75) is 26.8 Å². The van der Waals surface area contributed by atoms with Crippen LogP contribution in [0.2, 0.25) is 0 Å². The molecule has 122 valence electrons. The van der Waals surface area contributed by atoms with Crippen molar-refractivity contribution in [2.24, 2.45) is 5.92 Å². The van der Waals surface area contributed by atoms with E-state index in [0.29, 0.717) is 17.2 Å². The molecule has 0 unspecified atom stereocenters. The number of thiazole rings is 1. The van der Waals surface area contributed by atoms with Gasteiger partial charge in [-0.05, 0) is 25.0 Å². The number of nitrogens with zero attached hydrogens (tertiary/aromatic N) is 1. The smallest absolute Gasteiger partial charge is 0.357 e. The highest BCUT2D eigenvalue weighted by molar-refractivity contribution is 7.09. The van der Waals surface area contributed by atoms with Crippen LogP contribution in [0.15, 0.2) is 35.7 Å². The SMILES string of the molecule is CCOC(=O)c1csc([C@H](NC(=O)c2ccccc2)C(C)C)n1. The molecule has 1 N–H and O–H groups in total. The molecule has 1 aromatic heterocycles. The summed E-state index contributed by atoms with van der Waals surface area (Å²) < 4.78 is 4.95. The summed E-state index contributed by atoms with van der Waals surface area (Å²) in [7, 11) is 0. The molecule has 0 spiro atoms. The number of carbonyl (C=O) groups is 2. The average molecular weight is 332 g/mol. The van der Waals surface area contributed by atoms with Crippen LogP contribution in [0.25, 0.3) is 0 Å². The first-order chi connectivity index (χ1) is 11.0. The van der Waals surface area contributed by atoms with Crippen molar-refractivity contribution < 1.29 is 14.3 Å². The third-order valence-corrected chi connectivity index (χ3v) is 4.19. The molecule has 2 aromatic rings. The van der Waals surface area contributed by atoms with Gasteiger partial charge < -0.3 is 10.1 Å². The largest absolute Gasteiger partial charge is 0.461 e. The van der Waals surface area contributed by atoms with E-state index in [-0.39, 0.29) is 23.6 Å². The number of hydrogen-bond acceptors (Lipinski definition) is 5. The molecule has 0 saturated carbocycles. The van der Waals surface area contributed by atoms with Crippen molar-refractivity contribution in [1.82, 2.24) is 10.3 Å². The van der Waals surface area contributed by atoms with Gasteiger partial charge in [0.2, 0.25) is 0 Å². The Balaban J connectivity index is 2.16. The predicted molar refractivity (Wildman–Crippen MR) is 89.6 cm³/mol. The second-order valence-electron chi connectivity index (χ2n) is 5.35. The zero-order chi connectivity index (χ0) is 16.8. The number of esters is 1. The van der Waals surface area contributed by atoms with Crippen molar-refractivity contribution in [3.8, 4) is 0 Å². The number of aromatic nitrogens is 1. The van der Waals surface area contributed by atoms with E-state index in [1.54, 1.807) is 24.4 Å². The topological polar surface area (TPSA) is 68.3 Å². The Kier molecular flexibility index (Phi) is 5.87. The summed E-state index contributed by atoms with van der Waals surface area (Å²) in [5.74, 6) is -0.451. The van der Waals surface area contributed by atoms with Crippen LogP contribution in [0.3, 0.4) is 0 Å². The van der Waals surface area contributed by atoms with Crippen LogP contribution in [0, 0.1) is 5.92 Å². The molecule has 1 aromatic carbocycles. The Hall–Kier alpha value is -2.21.